The van der Waals surface area contributed by atoms with E-state index >= 15 is 0 Å². The molecule has 0 fully saturated rings. The van der Waals surface area contributed by atoms with Crippen LogP contribution in [0.25, 0.3) is 5.69 Å². The van der Waals surface area contributed by atoms with E-state index in [1.807, 2.05) is 49.4 Å². The Hall–Kier alpha value is -2.69. The third-order valence-electron chi connectivity index (χ3n) is 2.85. The highest BCUT2D eigenvalue weighted by atomic mass is 16.5. The fraction of sp³-hybridized carbons (Fsp3) is 0.133. The van der Waals surface area contributed by atoms with Crippen LogP contribution in [0.3, 0.4) is 0 Å². The first-order valence-electron chi connectivity index (χ1n) is 6.33. The second-order valence-corrected chi connectivity index (χ2v) is 4.39. The molecule has 0 aliphatic heterocycles. The van der Waals surface area contributed by atoms with Crippen LogP contribution in [-0.2, 0) is 6.61 Å². The maximum Gasteiger partial charge on any atom is 0.213 e. The van der Waals surface area contributed by atoms with Gasteiger partial charge in [-0.25, -0.2) is 14.6 Å². The molecule has 100 valence electrons. The summed E-state index contributed by atoms with van der Waals surface area (Å²) in [7, 11) is 0. The topological polar surface area (TPSA) is 52.8 Å². The number of para-hydroxylation sites is 1. The summed E-state index contributed by atoms with van der Waals surface area (Å²) in [6, 6.07) is 13.6. The third kappa shape index (κ3) is 2.66. The monoisotopic (exact) mass is 266 g/mol. The van der Waals surface area contributed by atoms with Gasteiger partial charge in [-0.15, -0.1) is 0 Å². The van der Waals surface area contributed by atoms with Gasteiger partial charge in [-0.3, -0.25) is 0 Å². The molecule has 1 aromatic carbocycles. The first-order chi connectivity index (χ1) is 9.83. The molecule has 0 bridgehead atoms. The molecule has 0 saturated heterocycles. The van der Waals surface area contributed by atoms with Gasteiger partial charge in [0.1, 0.15) is 12.9 Å². The van der Waals surface area contributed by atoms with Crippen LogP contribution in [0.2, 0.25) is 0 Å². The zero-order valence-electron chi connectivity index (χ0n) is 11.1. The van der Waals surface area contributed by atoms with Crippen LogP contribution in [0, 0.1) is 6.92 Å². The zero-order chi connectivity index (χ0) is 13.8. The molecule has 0 spiro atoms. The quantitative estimate of drug-likeness (QED) is 0.728. The lowest BCUT2D eigenvalue weighted by atomic mass is 10.3. The average molecular weight is 266 g/mol. The molecule has 0 radical (unpaired) electrons. The molecule has 0 saturated carbocycles. The number of aryl methyl sites for hydroxylation is 1. The first kappa shape index (κ1) is 12.3. The zero-order valence-corrected chi connectivity index (χ0v) is 11.1. The number of ether oxygens (including phenoxy) is 1. The lowest BCUT2D eigenvalue weighted by Gasteiger charge is -2.07. The second kappa shape index (κ2) is 5.52. The van der Waals surface area contributed by atoms with Crippen molar-refractivity contribution in [1.82, 2.24) is 19.7 Å². The number of hydrogen-bond acceptors (Lipinski definition) is 4. The minimum atomic E-state index is 0.324. The molecule has 3 rings (SSSR count). The third-order valence-corrected chi connectivity index (χ3v) is 2.85. The molecular formula is C15H14N4O. The Labute approximate surface area is 116 Å². The Morgan fingerprint density at radius 2 is 1.90 bits per heavy atom. The van der Waals surface area contributed by atoms with Crippen molar-refractivity contribution >= 4 is 0 Å². The molecule has 0 N–H and O–H groups in total. The number of pyridine rings is 1. The number of nitrogens with zero attached hydrogens (tertiary/aromatic N) is 4. The van der Waals surface area contributed by atoms with E-state index in [-0.39, 0.29) is 0 Å². The van der Waals surface area contributed by atoms with E-state index in [0.29, 0.717) is 12.5 Å². The molecule has 5 nitrogen and oxygen atoms in total. The van der Waals surface area contributed by atoms with E-state index in [0.717, 1.165) is 17.1 Å². The fourth-order valence-corrected chi connectivity index (χ4v) is 1.83. The average Bonchev–Trinajstić information content (AvgIpc) is 2.96. The van der Waals surface area contributed by atoms with Crippen LogP contribution in [0.4, 0.5) is 0 Å². The second-order valence-electron chi connectivity index (χ2n) is 4.39. The van der Waals surface area contributed by atoms with Gasteiger partial charge < -0.3 is 4.74 Å². The van der Waals surface area contributed by atoms with Crippen LogP contribution in [-0.4, -0.2) is 19.7 Å². The van der Waals surface area contributed by atoms with Crippen molar-refractivity contribution in [1.29, 1.82) is 0 Å². The number of hydrogen-bond donors (Lipinski definition) is 0. The van der Waals surface area contributed by atoms with Gasteiger partial charge in [-0.2, -0.15) is 5.10 Å². The maximum absolute atomic E-state index is 5.63. The van der Waals surface area contributed by atoms with Crippen LogP contribution in [0.5, 0.6) is 5.88 Å². The summed E-state index contributed by atoms with van der Waals surface area (Å²) >= 11 is 0. The van der Waals surface area contributed by atoms with Gasteiger partial charge >= 0.3 is 0 Å². The predicted octanol–water partition coefficient (Wildman–Crippen LogP) is 2.55. The summed E-state index contributed by atoms with van der Waals surface area (Å²) < 4.78 is 7.39. The smallest absolute Gasteiger partial charge is 0.213 e. The van der Waals surface area contributed by atoms with Gasteiger partial charge in [0.05, 0.1) is 5.69 Å². The van der Waals surface area contributed by atoms with E-state index in [4.69, 9.17) is 4.74 Å². The Kier molecular flexibility index (Phi) is 3.41. The van der Waals surface area contributed by atoms with Crippen molar-refractivity contribution in [3.05, 3.63) is 66.4 Å². The number of rotatable bonds is 4. The van der Waals surface area contributed by atoms with Gasteiger partial charge in [0.25, 0.3) is 0 Å². The van der Waals surface area contributed by atoms with E-state index < -0.39 is 0 Å². The maximum atomic E-state index is 5.63. The summed E-state index contributed by atoms with van der Waals surface area (Å²) in [5.74, 6) is 1.32. The number of aromatic nitrogens is 4. The van der Waals surface area contributed by atoms with Gasteiger partial charge in [-0.1, -0.05) is 24.3 Å². The molecule has 0 aliphatic rings. The Morgan fingerprint density at radius 1 is 1.05 bits per heavy atom. The summed E-state index contributed by atoms with van der Waals surface area (Å²) in [6.45, 7) is 2.31. The van der Waals surface area contributed by atoms with E-state index in [9.17, 15) is 0 Å². The molecule has 2 heterocycles. The standard InChI is InChI=1S/C15H14N4O/c1-12-7-8-15(16-9-12)20-10-14-17-11-18-19(14)13-5-3-2-4-6-13/h2-9,11H,10H2,1H3. The Bertz CT molecular complexity index is 677. The van der Waals surface area contributed by atoms with Gasteiger partial charge in [-0.05, 0) is 24.6 Å². The van der Waals surface area contributed by atoms with Crippen molar-refractivity contribution in [3.63, 3.8) is 0 Å². The summed E-state index contributed by atoms with van der Waals surface area (Å²) in [5.41, 5.74) is 2.06. The number of benzene rings is 1. The van der Waals surface area contributed by atoms with Gasteiger partial charge in [0.2, 0.25) is 5.88 Å². The van der Waals surface area contributed by atoms with E-state index in [2.05, 4.69) is 15.1 Å². The van der Waals surface area contributed by atoms with Crippen molar-refractivity contribution < 1.29 is 4.74 Å². The van der Waals surface area contributed by atoms with Crippen molar-refractivity contribution in [2.45, 2.75) is 13.5 Å². The highest BCUT2D eigenvalue weighted by Crippen LogP contribution is 2.11. The molecule has 5 heteroatoms. The molecule has 2 aromatic heterocycles. The normalized spacial score (nSPS) is 10.4. The highest BCUT2D eigenvalue weighted by molar-refractivity contribution is 5.30. The summed E-state index contributed by atoms with van der Waals surface area (Å²) in [6.07, 6.45) is 3.30. The van der Waals surface area contributed by atoms with Gasteiger partial charge in [0.15, 0.2) is 5.82 Å². The fourth-order valence-electron chi connectivity index (χ4n) is 1.83. The van der Waals surface area contributed by atoms with E-state index in [1.165, 1.54) is 6.33 Å². The highest BCUT2D eigenvalue weighted by Gasteiger charge is 2.07. The molecular weight excluding hydrogens is 252 g/mol. The largest absolute Gasteiger partial charge is 0.469 e. The van der Waals surface area contributed by atoms with Crippen molar-refractivity contribution in [2.75, 3.05) is 0 Å². The molecule has 3 aromatic rings. The minimum absolute atomic E-state index is 0.324. The lowest BCUT2D eigenvalue weighted by molar-refractivity contribution is 0.281. The molecule has 0 aliphatic carbocycles. The van der Waals surface area contributed by atoms with Crippen LogP contribution in [0.15, 0.2) is 55.0 Å². The van der Waals surface area contributed by atoms with Crippen LogP contribution < -0.4 is 4.74 Å². The Morgan fingerprint density at radius 3 is 2.65 bits per heavy atom. The Balaban J connectivity index is 1.76. The molecule has 0 amide bonds. The lowest BCUT2D eigenvalue weighted by Crippen LogP contribution is -2.07. The summed E-state index contributed by atoms with van der Waals surface area (Å²) in [5, 5.41) is 4.22. The van der Waals surface area contributed by atoms with Gasteiger partial charge in [0, 0.05) is 12.3 Å². The van der Waals surface area contributed by atoms with Crippen LogP contribution >= 0.6 is 0 Å². The van der Waals surface area contributed by atoms with Crippen molar-refractivity contribution in [3.8, 4) is 11.6 Å². The first-order valence-corrected chi connectivity index (χ1v) is 6.33. The predicted molar refractivity (Wildman–Crippen MR) is 74.7 cm³/mol. The summed E-state index contributed by atoms with van der Waals surface area (Å²) in [4.78, 5) is 8.42. The minimum Gasteiger partial charge on any atom is -0.469 e. The van der Waals surface area contributed by atoms with E-state index in [1.54, 1.807) is 10.9 Å². The van der Waals surface area contributed by atoms with Crippen LogP contribution in [0.1, 0.15) is 11.4 Å². The molecule has 0 unspecified atom stereocenters. The SMILES string of the molecule is Cc1ccc(OCc2ncnn2-c2ccccc2)nc1. The van der Waals surface area contributed by atoms with Crippen molar-refractivity contribution in [2.24, 2.45) is 0 Å². The molecule has 20 heavy (non-hydrogen) atoms. The molecule has 0 atom stereocenters.